The molecule has 4 nitrogen and oxygen atoms in total. The molecule has 0 bridgehead atoms. The van der Waals surface area contributed by atoms with Gasteiger partial charge >= 0.3 is 0 Å². The second-order valence-electron chi connectivity index (χ2n) is 13.5. The Bertz CT molecular complexity index is 2770. The molecule has 0 fully saturated rings. The van der Waals surface area contributed by atoms with E-state index in [1.807, 2.05) is 60.7 Å². The summed E-state index contributed by atoms with van der Waals surface area (Å²) in [5, 5.41) is 11.7. The Balaban J connectivity index is 1.06. The van der Waals surface area contributed by atoms with E-state index in [0.29, 0.717) is 23.0 Å². The maximum absolute atomic E-state index is 9.17. The third kappa shape index (κ3) is 6.51. The highest BCUT2D eigenvalue weighted by atomic mass is 15.0. The summed E-state index contributed by atoms with van der Waals surface area (Å²) >= 11 is 0. The number of fused-ring (bicyclic) bond motifs is 1. The number of aromatic nitrogens is 3. The van der Waals surface area contributed by atoms with Gasteiger partial charge < -0.3 is 0 Å². The molecule has 1 aliphatic rings. The van der Waals surface area contributed by atoms with Gasteiger partial charge in [-0.3, -0.25) is 0 Å². The van der Waals surface area contributed by atoms with Crippen molar-refractivity contribution in [2.24, 2.45) is 0 Å². The van der Waals surface area contributed by atoms with Crippen LogP contribution in [0.2, 0.25) is 0 Å². The van der Waals surface area contributed by atoms with Crippen molar-refractivity contribution in [2.75, 3.05) is 0 Å². The molecule has 7 aromatic carbocycles. The first kappa shape index (κ1) is 32.7. The first-order chi connectivity index (χ1) is 26.7. The molecule has 0 radical (unpaired) electrons. The van der Waals surface area contributed by atoms with Gasteiger partial charge in [0, 0.05) is 16.7 Å². The molecule has 1 aromatic heterocycles. The molecule has 0 spiro atoms. The summed E-state index contributed by atoms with van der Waals surface area (Å²) in [7, 11) is 0. The first-order valence-corrected chi connectivity index (χ1v) is 18.2. The molecule has 8 aromatic rings. The lowest BCUT2D eigenvalue weighted by Crippen LogP contribution is -2.32. The fraction of sp³-hybridized carbons (Fsp3) is 0.0400. The number of benzene rings is 7. The normalized spacial score (nSPS) is 12.2. The Hall–Kier alpha value is -7.22. The van der Waals surface area contributed by atoms with Crippen molar-refractivity contribution >= 4 is 11.1 Å². The Kier molecular flexibility index (Phi) is 8.73. The maximum atomic E-state index is 9.17. The topological polar surface area (TPSA) is 62.5 Å². The second-order valence-corrected chi connectivity index (χ2v) is 13.5. The van der Waals surface area contributed by atoms with E-state index in [1.165, 1.54) is 38.3 Å². The zero-order valence-corrected chi connectivity index (χ0v) is 29.5. The van der Waals surface area contributed by atoms with Crippen LogP contribution in [0.3, 0.4) is 0 Å². The largest absolute Gasteiger partial charge is 0.208 e. The lowest BCUT2D eigenvalue weighted by atomic mass is 9.86. The van der Waals surface area contributed by atoms with Gasteiger partial charge in [-0.25, -0.2) is 15.0 Å². The number of nitriles is 1. The highest BCUT2D eigenvalue weighted by Gasteiger charge is 2.16. The zero-order chi connectivity index (χ0) is 36.3. The molecule has 1 aliphatic carbocycles. The summed E-state index contributed by atoms with van der Waals surface area (Å²) in [6.07, 6.45) is 1.89. The third-order valence-corrected chi connectivity index (χ3v) is 10.2. The monoisotopic (exact) mass is 690 g/mol. The van der Waals surface area contributed by atoms with Gasteiger partial charge in [0.1, 0.15) is 0 Å². The lowest BCUT2D eigenvalue weighted by molar-refractivity contribution is 1.04. The van der Waals surface area contributed by atoms with E-state index in [4.69, 9.17) is 15.0 Å². The molecule has 0 unspecified atom stereocenters. The summed E-state index contributed by atoms with van der Waals surface area (Å²) in [4.78, 5) is 14.9. The third-order valence-electron chi connectivity index (χ3n) is 10.2. The summed E-state index contributed by atoms with van der Waals surface area (Å²) < 4.78 is 0. The minimum atomic E-state index is 0.645. The van der Waals surface area contributed by atoms with E-state index < -0.39 is 0 Å². The van der Waals surface area contributed by atoms with Crippen molar-refractivity contribution < 1.29 is 0 Å². The SMILES string of the molecule is N#Cc1ccc(-c2ccc(C3=c4ccccc4=C(c4ccc(-c5nc(-c6ccccc6)nc(-c6ccc(-c7ccccc7)cc6)n5)cc4)CC3)cc2)cc1. The van der Waals surface area contributed by atoms with Gasteiger partial charge in [0.25, 0.3) is 0 Å². The fourth-order valence-corrected chi connectivity index (χ4v) is 7.34. The van der Waals surface area contributed by atoms with Crippen LogP contribution < -0.4 is 10.4 Å². The van der Waals surface area contributed by atoms with Gasteiger partial charge in [-0.1, -0.05) is 170 Å². The van der Waals surface area contributed by atoms with Crippen LogP contribution in [-0.4, -0.2) is 15.0 Å². The predicted octanol–water partition coefficient (Wildman–Crippen LogP) is 10.3. The van der Waals surface area contributed by atoms with Gasteiger partial charge in [-0.05, 0) is 79.9 Å². The minimum absolute atomic E-state index is 0.645. The fourth-order valence-electron chi connectivity index (χ4n) is 7.34. The van der Waals surface area contributed by atoms with E-state index in [0.717, 1.165) is 46.2 Å². The summed E-state index contributed by atoms with van der Waals surface area (Å²) in [6, 6.07) is 65.1. The van der Waals surface area contributed by atoms with Gasteiger partial charge in [0.15, 0.2) is 17.5 Å². The quantitative estimate of drug-likeness (QED) is 0.167. The maximum Gasteiger partial charge on any atom is 0.164 e. The molecule has 0 saturated carbocycles. The van der Waals surface area contributed by atoms with E-state index in [9.17, 15) is 5.26 Å². The molecule has 0 saturated heterocycles. The van der Waals surface area contributed by atoms with Crippen LogP contribution >= 0.6 is 0 Å². The predicted molar refractivity (Wildman–Crippen MR) is 218 cm³/mol. The number of nitrogens with zero attached hydrogens (tertiary/aromatic N) is 4. The summed E-state index contributed by atoms with van der Waals surface area (Å²) in [5.41, 5.74) is 13.2. The van der Waals surface area contributed by atoms with Crippen LogP contribution in [0.1, 0.15) is 29.5 Å². The van der Waals surface area contributed by atoms with Gasteiger partial charge in [-0.15, -0.1) is 0 Å². The van der Waals surface area contributed by atoms with E-state index >= 15 is 0 Å². The Labute approximate surface area is 314 Å². The molecule has 0 N–H and O–H groups in total. The van der Waals surface area contributed by atoms with Crippen molar-refractivity contribution in [3.63, 3.8) is 0 Å². The number of rotatable bonds is 7. The van der Waals surface area contributed by atoms with Gasteiger partial charge in [-0.2, -0.15) is 5.26 Å². The lowest BCUT2D eigenvalue weighted by Gasteiger charge is -2.18. The van der Waals surface area contributed by atoms with Crippen LogP contribution in [0.25, 0.3) is 67.6 Å². The summed E-state index contributed by atoms with van der Waals surface area (Å²) in [5.74, 6) is 1.94. The molecule has 254 valence electrons. The standard InChI is InChI=1S/C50H34N4/c51-33-34-15-17-36(18-16-34)38-19-23-39(24-20-38)44-31-32-45(47-14-8-7-13-46(44)47)40-25-29-43(30-26-40)50-53-48(41-11-5-2-6-12-41)52-49(54-50)42-27-21-37(22-28-42)35-9-3-1-4-10-35/h1-30H,31-32H2. The van der Waals surface area contributed by atoms with Crippen molar-refractivity contribution in [3.05, 3.63) is 209 Å². The van der Waals surface area contributed by atoms with E-state index in [1.54, 1.807) is 0 Å². The van der Waals surface area contributed by atoms with Crippen LogP contribution in [0, 0.1) is 11.3 Å². The molecule has 54 heavy (non-hydrogen) atoms. The van der Waals surface area contributed by atoms with Crippen molar-refractivity contribution in [1.29, 1.82) is 5.26 Å². The summed E-state index contributed by atoms with van der Waals surface area (Å²) in [6.45, 7) is 0. The Morgan fingerprint density at radius 3 is 1.02 bits per heavy atom. The average Bonchev–Trinajstić information content (AvgIpc) is 3.27. The molecule has 0 aliphatic heterocycles. The highest BCUT2D eigenvalue weighted by Crippen LogP contribution is 2.31. The van der Waals surface area contributed by atoms with Crippen molar-refractivity contribution in [3.8, 4) is 62.5 Å². The molecular weight excluding hydrogens is 657 g/mol. The smallest absolute Gasteiger partial charge is 0.164 e. The molecule has 0 atom stereocenters. The van der Waals surface area contributed by atoms with Gasteiger partial charge in [0.05, 0.1) is 11.6 Å². The number of hydrogen-bond donors (Lipinski definition) is 0. The van der Waals surface area contributed by atoms with Crippen LogP contribution in [-0.2, 0) is 0 Å². The second kappa shape index (κ2) is 14.4. The Morgan fingerprint density at radius 2 is 0.611 bits per heavy atom. The van der Waals surface area contributed by atoms with Crippen LogP contribution in [0.4, 0.5) is 0 Å². The van der Waals surface area contributed by atoms with Crippen LogP contribution in [0.15, 0.2) is 182 Å². The van der Waals surface area contributed by atoms with E-state index in [2.05, 4.69) is 127 Å². The van der Waals surface area contributed by atoms with Crippen LogP contribution in [0.5, 0.6) is 0 Å². The molecule has 9 rings (SSSR count). The first-order valence-electron chi connectivity index (χ1n) is 18.2. The molecule has 1 heterocycles. The zero-order valence-electron chi connectivity index (χ0n) is 29.5. The highest BCUT2D eigenvalue weighted by molar-refractivity contribution is 5.78. The molecular formula is C50H34N4. The van der Waals surface area contributed by atoms with Crippen molar-refractivity contribution in [2.45, 2.75) is 12.8 Å². The Morgan fingerprint density at radius 1 is 0.315 bits per heavy atom. The number of hydrogen-bond acceptors (Lipinski definition) is 4. The minimum Gasteiger partial charge on any atom is -0.208 e. The van der Waals surface area contributed by atoms with E-state index in [-0.39, 0.29) is 0 Å². The van der Waals surface area contributed by atoms with Gasteiger partial charge in [0.2, 0.25) is 0 Å². The molecule has 0 amide bonds. The average molecular weight is 691 g/mol. The van der Waals surface area contributed by atoms with Crippen molar-refractivity contribution in [1.82, 2.24) is 15.0 Å². The molecule has 4 heteroatoms.